The molecule has 3 atom stereocenters. The molecule has 1 aliphatic carbocycles. The molecule has 1 aliphatic heterocycles. The molecule has 2 aromatic carbocycles. The van der Waals surface area contributed by atoms with Crippen LogP contribution in [0.1, 0.15) is 30.0 Å². The number of rotatable bonds is 5. The lowest BCUT2D eigenvalue weighted by molar-refractivity contribution is 0.0213. The summed E-state index contributed by atoms with van der Waals surface area (Å²) in [5.41, 5.74) is 3.73. The average molecular weight is 337 g/mol. The minimum atomic E-state index is 0.213. The average Bonchev–Trinajstić information content (AvgIpc) is 3.02. The Morgan fingerprint density at radius 2 is 1.96 bits per heavy atom. The van der Waals surface area contributed by atoms with E-state index in [2.05, 4.69) is 42.2 Å². The van der Waals surface area contributed by atoms with Crippen molar-refractivity contribution in [2.75, 3.05) is 13.1 Å². The van der Waals surface area contributed by atoms with Gasteiger partial charge in [0.1, 0.15) is 5.75 Å². The number of hydrogen-bond acceptors (Lipinski definition) is 3. The van der Waals surface area contributed by atoms with E-state index in [0.717, 1.165) is 37.4 Å². The highest BCUT2D eigenvalue weighted by atomic mass is 16.5. The number of ether oxygens (including phenoxy) is 1. The standard InChI is InChI=1S/C22H27NO2/c1-16(25-15-17-6-3-2-4-7-17)14-23-11-10-19-12-18-8-5-9-22(24)20(18)13-21(19)23/h2-9,16,19,21,24H,10-15H2,1H3/t16-,19-,21+/m0/s1. The Hall–Kier alpha value is -1.84. The van der Waals surface area contributed by atoms with Crippen LogP contribution in [0, 0.1) is 5.92 Å². The van der Waals surface area contributed by atoms with Crippen molar-refractivity contribution in [3.63, 3.8) is 0 Å². The van der Waals surface area contributed by atoms with E-state index in [0.29, 0.717) is 18.4 Å². The van der Waals surface area contributed by atoms with Gasteiger partial charge in [0.05, 0.1) is 12.7 Å². The summed E-state index contributed by atoms with van der Waals surface area (Å²) in [4.78, 5) is 2.58. The number of phenolic OH excluding ortho intramolecular Hbond substituents is 1. The molecule has 0 radical (unpaired) electrons. The number of nitrogens with zero attached hydrogens (tertiary/aromatic N) is 1. The lowest BCUT2D eigenvalue weighted by atomic mass is 9.80. The maximum atomic E-state index is 10.2. The third-order valence-electron chi connectivity index (χ3n) is 5.81. The van der Waals surface area contributed by atoms with Crippen LogP contribution in [0.5, 0.6) is 5.75 Å². The zero-order valence-electron chi connectivity index (χ0n) is 14.9. The first-order valence-corrected chi connectivity index (χ1v) is 9.40. The van der Waals surface area contributed by atoms with E-state index < -0.39 is 0 Å². The molecule has 1 fully saturated rings. The Labute approximate surface area is 150 Å². The van der Waals surface area contributed by atoms with Crippen molar-refractivity contribution in [1.82, 2.24) is 4.90 Å². The van der Waals surface area contributed by atoms with Crippen LogP contribution in [-0.4, -0.2) is 35.2 Å². The van der Waals surface area contributed by atoms with Gasteiger partial charge >= 0.3 is 0 Å². The van der Waals surface area contributed by atoms with Crippen LogP contribution < -0.4 is 0 Å². The van der Waals surface area contributed by atoms with E-state index in [9.17, 15) is 5.11 Å². The maximum absolute atomic E-state index is 10.2. The summed E-state index contributed by atoms with van der Waals surface area (Å²) in [6.07, 6.45) is 3.54. The zero-order valence-corrected chi connectivity index (χ0v) is 14.9. The Morgan fingerprint density at radius 3 is 2.80 bits per heavy atom. The largest absolute Gasteiger partial charge is 0.508 e. The number of aromatic hydroxyl groups is 1. The van der Waals surface area contributed by atoms with E-state index >= 15 is 0 Å². The second-order valence-electron chi connectivity index (χ2n) is 7.54. The predicted molar refractivity (Wildman–Crippen MR) is 99.7 cm³/mol. The topological polar surface area (TPSA) is 32.7 Å². The number of benzene rings is 2. The summed E-state index contributed by atoms with van der Waals surface area (Å²) in [5.74, 6) is 1.19. The smallest absolute Gasteiger partial charge is 0.119 e. The summed E-state index contributed by atoms with van der Waals surface area (Å²) in [6.45, 7) is 4.96. The van der Waals surface area contributed by atoms with Gasteiger partial charge in [0.2, 0.25) is 0 Å². The van der Waals surface area contributed by atoms with E-state index in [4.69, 9.17) is 4.74 Å². The van der Waals surface area contributed by atoms with Crippen LogP contribution >= 0.6 is 0 Å². The van der Waals surface area contributed by atoms with Gasteiger partial charge in [0.15, 0.2) is 0 Å². The van der Waals surface area contributed by atoms with Crippen LogP contribution in [-0.2, 0) is 24.2 Å². The fraction of sp³-hybridized carbons (Fsp3) is 0.455. The highest BCUT2D eigenvalue weighted by Gasteiger charge is 2.38. The molecule has 3 heteroatoms. The zero-order chi connectivity index (χ0) is 17.2. The van der Waals surface area contributed by atoms with Gasteiger partial charge in [-0.2, -0.15) is 0 Å². The molecule has 0 bridgehead atoms. The first-order chi connectivity index (χ1) is 12.2. The van der Waals surface area contributed by atoms with E-state index in [-0.39, 0.29) is 6.10 Å². The number of fused-ring (bicyclic) bond motifs is 2. The second-order valence-corrected chi connectivity index (χ2v) is 7.54. The number of phenols is 1. The van der Waals surface area contributed by atoms with Crippen molar-refractivity contribution in [2.45, 2.75) is 44.9 Å². The first-order valence-electron chi connectivity index (χ1n) is 9.40. The van der Waals surface area contributed by atoms with Crippen molar-refractivity contribution < 1.29 is 9.84 Å². The second kappa shape index (κ2) is 7.19. The van der Waals surface area contributed by atoms with Gasteiger partial charge in [-0.1, -0.05) is 42.5 Å². The van der Waals surface area contributed by atoms with Crippen LogP contribution in [0.15, 0.2) is 48.5 Å². The van der Waals surface area contributed by atoms with Gasteiger partial charge in [-0.15, -0.1) is 0 Å². The van der Waals surface area contributed by atoms with E-state index in [1.165, 1.54) is 17.5 Å². The van der Waals surface area contributed by atoms with Crippen molar-refractivity contribution in [3.05, 3.63) is 65.2 Å². The Kier molecular flexibility index (Phi) is 4.78. The van der Waals surface area contributed by atoms with Gasteiger partial charge in [-0.3, -0.25) is 4.90 Å². The molecule has 1 saturated heterocycles. The molecule has 0 saturated carbocycles. The normalized spacial score (nSPS) is 23.9. The first kappa shape index (κ1) is 16.6. The molecule has 25 heavy (non-hydrogen) atoms. The summed E-state index contributed by atoms with van der Waals surface area (Å²) in [7, 11) is 0. The molecule has 0 amide bonds. The lowest BCUT2D eigenvalue weighted by Crippen LogP contribution is -2.41. The van der Waals surface area contributed by atoms with Crippen molar-refractivity contribution >= 4 is 0 Å². The molecule has 0 unspecified atom stereocenters. The van der Waals surface area contributed by atoms with Crippen molar-refractivity contribution in [3.8, 4) is 5.75 Å². The van der Waals surface area contributed by atoms with Crippen molar-refractivity contribution in [2.24, 2.45) is 5.92 Å². The van der Waals surface area contributed by atoms with Crippen LogP contribution in [0.4, 0.5) is 0 Å². The Morgan fingerprint density at radius 1 is 1.12 bits per heavy atom. The monoisotopic (exact) mass is 337 g/mol. The third-order valence-corrected chi connectivity index (χ3v) is 5.81. The van der Waals surface area contributed by atoms with Gasteiger partial charge in [-0.05, 0) is 61.4 Å². The maximum Gasteiger partial charge on any atom is 0.119 e. The molecule has 2 aliphatic rings. The summed E-state index contributed by atoms with van der Waals surface area (Å²) < 4.78 is 6.07. The quantitative estimate of drug-likeness (QED) is 0.901. The van der Waals surface area contributed by atoms with Gasteiger partial charge in [-0.25, -0.2) is 0 Å². The number of hydrogen-bond donors (Lipinski definition) is 1. The van der Waals surface area contributed by atoms with Crippen LogP contribution in [0.3, 0.4) is 0 Å². The fourth-order valence-electron chi connectivity index (χ4n) is 4.48. The summed E-state index contributed by atoms with van der Waals surface area (Å²) in [6, 6.07) is 16.9. The molecule has 4 rings (SSSR count). The van der Waals surface area contributed by atoms with Gasteiger partial charge < -0.3 is 9.84 Å². The molecule has 0 aromatic heterocycles. The lowest BCUT2D eigenvalue weighted by Gasteiger charge is -2.34. The molecular weight excluding hydrogens is 310 g/mol. The Bertz CT molecular complexity index is 715. The molecule has 3 nitrogen and oxygen atoms in total. The fourth-order valence-corrected chi connectivity index (χ4v) is 4.48. The van der Waals surface area contributed by atoms with Crippen LogP contribution in [0.25, 0.3) is 0 Å². The van der Waals surface area contributed by atoms with Gasteiger partial charge in [0.25, 0.3) is 0 Å². The highest BCUT2D eigenvalue weighted by Crippen LogP contribution is 2.38. The third kappa shape index (κ3) is 3.58. The predicted octanol–water partition coefficient (Wildman–Crippen LogP) is 3.79. The van der Waals surface area contributed by atoms with Gasteiger partial charge in [0, 0.05) is 12.6 Å². The summed E-state index contributed by atoms with van der Waals surface area (Å²) in [5, 5.41) is 10.2. The molecule has 2 aromatic rings. The Balaban J connectivity index is 1.37. The molecule has 1 heterocycles. The highest BCUT2D eigenvalue weighted by molar-refractivity contribution is 5.42. The SMILES string of the molecule is C[C@@H](CN1CC[C@H]2Cc3cccc(O)c3C[C@H]21)OCc1ccccc1. The molecular formula is C22H27NO2. The van der Waals surface area contributed by atoms with Crippen molar-refractivity contribution in [1.29, 1.82) is 0 Å². The molecule has 0 spiro atoms. The van der Waals surface area contributed by atoms with E-state index in [1.807, 2.05) is 18.2 Å². The molecule has 132 valence electrons. The van der Waals surface area contributed by atoms with E-state index in [1.54, 1.807) is 0 Å². The summed E-state index contributed by atoms with van der Waals surface area (Å²) >= 11 is 0. The van der Waals surface area contributed by atoms with Crippen LogP contribution in [0.2, 0.25) is 0 Å². The molecule has 1 N–H and O–H groups in total. The minimum Gasteiger partial charge on any atom is -0.508 e. The number of likely N-dealkylation sites (tertiary alicyclic amines) is 1. The minimum absolute atomic E-state index is 0.213.